The van der Waals surface area contributed by atoms with E-state index < -0.39 is 11.6 Å². The Bertz CT molecular complexity index is 1200. The molecule has 34 heavy (non-hydrogen) atoms. The summed E-state index contributed by atoms with van der Waals surface area (Å²) in [5.41, 5.74) is 2.13. The van der Waals surface area contributed by atoms with Crippen LogP contribution in [0.25, 0.3) is 17.0 Å². The van der Waals surface area contributed by atoms with Gasteiger partial charge in [-0.25, -0.2) is 4.98 Å². The van der Waals surface area contributed by atoms with E-state index >= 15 is 0 Å². The molecule has 1 aliphatic rings. The van der Waals surface area contributed by atoms with Gasteiger partial charge < -0.3 is 14.5 Å². The lowest BCUT2D eigenvalue weighted by Gasteiger charge is -2.37. The molecule has 0 atom stereocenters. The van der Waals surface area contributed by atoms with E-state index in [1.54, 1.807) is 29.5 Å². The van der Waals surface area contributed by atoms with Crippen LogP contribution in [0.4, 0.5) is 5.95 Å². The lowest BCUT2D eigenvalue weighted by molar-refractivity contribution is -0.168. The first-order valence-corrected chi connectivity index (χ1v) is 11.5. The zero-order chi connectivity index (χ0) is 24.7. The molecule has 1 saturated heterocycles. The summed E-state index contributed by atoms with van der Waals surface area (Å²) < 4.78 is 6.97. The summed E-state index contributed by atoms with van der Waals surface area (Å²) >= 11 is 0. The van der Waals surface area contributed by atoms with Crippen LogP contribution in [-0.4, -0.2) is 68.1 Å². The van der Waals surface area contributed by atoms with Gasteiger partial charge in [0.05, 0.1) is 5.69 Å². The number of anilines is 1. The maximum absolute atomic E-state index is 12.8. The molecule has 9 nitrogen and oxygen atoms in total. The number of nitrogens with zero attached hydrogens (tertiary/aromatic N) is 6. The molecule has 0 saturated carbocycles. The molecule has 0 aliphatic carbocycles. The normalized spacial score (nSPS) is 15.0. The molecule has 4 rings (SSSR count). The molecule has 9 heteroatoms. The molecule has 1 aromatic carbocycles. The van der Waals surface area contributed by atoms with E-state index in [0.717, 1.165) is 11.3 Å². The number of piperazine rings is 1. The Labute approximate surface area is 199 Å². The number of carbonyl (C=O) groups excluding carboxylic acids is 2. The van der Waals surface area contributed by atoms with Crippen LogP contribution in [0.1, 0.15) is 47.1 Å². The Kier molecular flexibility index (Phi) is 6.05. The summed E-state index contributed by atoms with van der Waals surface area (Å²) in [6.07, 6.45) is 1.74. The summed E-state index contributed by atoms with van der Waals surface area (Å²) in [6, 6.07) is 10.4. The van der Waals surface area contributed by atoms with Crippen LogP contribution >= 0.6 is 0 Å². The van der Waals surface area contributed by atoms with Gasteiger partial charge in [-0.05, 0) is 30.9 Å². The number of amides is 1. The lowest BCUT2D eigenvalue weighted by atomic mass is 9.86. The van der Waals surface area contributed by atoms with Gasteiger partial charge in [-0.2, -0.15) is 9.50 Å². The number of ether oxygens (including phenoxy) is 1. The molecule has 3 heterocycles. The number of esters is 1. The van der Waals surface area contributed by atoms with Gasteiger partial charge in [0.1, 0.15) is 0 Å². The van der Waals surface area contributed by atoms with Crippen LogP contribution < -0.4 is 4.90 Å². The highest BCUT2D eigenvalue weighted by Gasteiger charge is 2.36. The van der Waals surface area contributed by atoms with Crippen molar-refractivity contribution >= 4 is 23.6 Å². The molecule has 0 unspecified atom stereocenters. The molecular formula is C25H32N6O3. The van der Waals surface area contributed by atoms with E-state index in [-0.39, 0.29) is 11.3 Å². The Morgan fingerprint density at radius 1 is 0.941 bits per heavy atom. The summed E-state index contributed by atoms with van der Waals surface area (Å²) in [6.45, 7) is 13.3. The minimum atomic E-state index is -1.18. The van der Waals surface area contributed by atoms with Crippen LogP contribution in [0.2, 0.25) is 0 Å². The number of carbonyl (C=O) groups is 2. The van der Waals surface area contributed by atoms with E-state index in [4.69, 9.17) is 9.84 Å². The zero-order valence-corrected chi connectivity index (χ0v) is 20.7. The third-order valence-corrected chi connectivity index (χ3v) is 6.04. The van der Waals surface area contributed by atoms with Gasteiger partial charge in [-0.3, -0.25) is 9.59 Å². The standard InChI is InChI=1S/C25H32N6O3/c1-17(32)34-25(5,6)21(33)29-13-15-30(16-14-29)23-27-22-26-12-11-20(31(22)28-23)18-7-9-19(10-8-18)24(2,3)4/h7-12H,13-16H2,1-6H3. The van der Waals surface area contributed by atoms with Gasteiger partial charge in [0.15, 0.2) is 5.60 Å². The second-order valence-electron chi connectivity index (χ2n) is 10.2. The molecule has 1 aliphatic heterocycles. The number of benzene rings is 1. The maximum Gasteiger partial charge on any atom is 0.303 e. The van der Waals surface area contributed by atoms with Crippen molar-refractivity contribution in [3.63, 3.8) is 0 Å². The van der Waals surface area contributed by atoms with Crippen molar-refractivity contribution in [2.75, 3.05) is 31.1 Å². The van der Waals surface area contributed by atoms with Crippen molar-refractivity contribution in [1.82, 2.24) is 24.5 Å². The second-order valence-corrected chi connectivity index (χ2v) is 10.2. The number of rotatable bonds is 4. The van der Waals surface area contributed by atoms with Crippen molar-refractivity contribution in [3.05, 3.63) is 42.1 Å². The average molecular weight is 465 g/mol. The molecule has 0 spiro atoms. The molecule has 3 aromatic rings. The maximum atomic E-state index is 12.8. The summed E-state index contributed by atoms with van der Waals surface area (Å²) in [7, 11) is 0. The number of hydrogen-bond donors (Lipinski definition) is 0. The van der Waals surface area contributed by atoms with Crippen LogP contribution in [-0.2, 0) is 19.7 Å². The quantitative estimate of drug-likeness (QED) is 0.548. The molecule has 2 aromatic heterocycles. The lowest BCUT2D eigenvalue weighted by Crippen LogP contribution is -2.55. The van der Waals surface area contributed by atoms with Crippen molar-refractivity contribution in [2.24, 2.45) is 0 Å². The Morgan fingerprint density at radius 2 is 1.59 bits per heavy atom. The van der Waals surface area contributed by atoms with Gasteiger partial charge in [-0.15, -0.1) is 5.10 Å². The first kappa shape index (κ1) is 23.7. The second kappa shape index (κ2) is 8.70. The minimum Gasteiger partial charge on any atom is -0.450 e. The Hall–Kier alpha value is -3.49. The number of aromatic nitrogens is 4. The molecule has 1 fully saturated rings. The first-order chi connectivity index (χ1) is 16.0. The largest absolute Gasteiger partial charge is 0.450 e. The van der Waals surface area contributed by atoms with Gasteiger partial charge in [-0.1, -0.05) is 45.0 Å². The summed E-state index contributed by atoms with van der Waals surface area (Å²) in [5, 5.41) is 4.74. The fourth-order valence-corrected chi connectivity index (χ4v) is 4.17. The third kappa shape index (κ3) is 4.73. The number of fused-ring (bicyclic) bond motifs is 1. The average Bonchev–Trinajstić information content (AvgIpc) is 3.22. The molecule has 0 N–H and O–H groups in total. The van der Waals surface area contributed by atoms with Crippen molar-refractivity contribution in [3.8, 4) is 11.3 Å². The van der Waals surface area contributed by atoms with Crippen LogP contribution in [0.5, 0.6) is 0 Å². The van der Waals surface area contributed by atoms with E-state index in [1.807, 2.05) is 11.0 Å². The molecule has 0 bridgehead atoms. The SMILES string of the molecule is CC(=O)OC(C)(C)C(=O)N1CCN(c2nc3nccc(-c4ccc(C(C)(C)C)cc4)n3n2)CC1. The van der Waals surface area contributed by atoms with Crippen molar-refractivity contribution in [2.45, 2.75) is 52.6 Å². The zero-order valence-electron chi connectivity index (χ0n) is 20.7. The van der Waals surface area contributed by atoms with Crippen LogP contribution in [0.15, 0.2) is 36.5 Å². The first-order valence-electron chi connectivity index (χ1n) is 11.5. The number of hydrogen-bond acceptors (Lipinski definition) is 7. The van der Waals surface area contributed by atoms with Crippen LogP contribution in [0.3, 0.4) is 0 Å². The van der Waals surface area contributed by atoms with Gasteiger partial charge >= 0.3 is 5.97 Å². The minimum absolute atomic E-state index is 0.0868. The highest BCUT2D eigenvalue weighted by atomic mass is 16.6. The Balaban J connectivity index is 1.52. The monoisotopic (exact) mass is 464 g/mol. The van der Waals surface area contributed by atoms with E-state index in [2.05, 4.69) is 55.0 Å². The van der Waals surface area contributed by atoms with Crippen molar-refractivity contribution < 1.29 is 14.3 Å². The molecule has 180 valence electrons. The summed E-state index contributed by atoms with van der Waals surface area (Å²) in [4.78, 5) is 36.9. The fraction of sp³-hybridized carbons (Fsp3) is 0.480. The third-order valence-electron chi connectivity index (χ3n) is 6.04. The van der Waals surface area contributed by atoms with Crippen molar-refractivity contribution in [1.29, 1.82) is 0 Å². The van der Waals surface area contributed by atoms with Gasteiger partial charge in [0.2, 0.25) is 5.95 Å². The van der Waals surface area contributed by atoms with Crippen LogP contribution in [0, 0.1) is 0 Å². The predicted molar refractivity (Wildman–Crippen MR) is 130 cm³/mol. The fourth-order valence-electron chi connectivity index (χ4n) is 4.17. The topological polar surface area (TPSA) is 92.9 Å². The van der Waals surface area contributed by atoms with Gasteiger partial charge in [0.25, 0.3) is 11.7 Å². The predicted octanol–water partition coefficient (Wildman–Crippen LogP) is 3.08. The van der Waals surface area contributed by atoms with E-state index in [9.17, 15) is 9.59 Å². The molecule has 1 amide bonds. The summed E-state index contributed by atoms with van der Waals surface area (Å²) in [5.74, 6) is 0.440. The molecular weight excluding hydrogens is 432 g/mol. The highest BCUT2D eigenvalue weighted by Crippen LogP contribution is 2.27. The Morgan fingerprint density at radius 3 is 2.18 bits per heavy atom. The van der Waals surface area contributed by atoms with Gasteiger partial charge in [0, 0.05) is 44.9 Å². The smallest absolute Gasteiger partial charge is 0.303 e. The molecule has 0 radical (unpaired) electrons. The van der Waals surface area contributed by atoms with E-state index in [1.165, 1.54) is 12.5 Å². The van der Waals surface area contributed by atoms with E-state index in [0.29, 0.717) is 37.9 Å². The highest BCUT2D eigenvalue weighted by molar-refractivity contribution is 5.87.